The van der Waals surface area contributed by atoms with Crippen molar-refractivity contribution >= 4 is 39.1 Å². The van der Waals surface area contributed by atoms with Gasteiger partial charge in [-0.05, 0) is 83.9 Å². The number of hydrogen-bond donors (Lipinski definition) is 0. The second kappa shape index (κ2) is 10.4. The molecule has 188 valence electrons. The van der Waals surface area contributed by atoms with Crippen LogP contribution in [0.5, 0.6) is 11.5 Å². The fourth-order valence-corrected chi connectivity index (χ4v) is 6.28. The summed E-state index contributed by atoms with van der Waals surface area (Å²) in [5, 5.41) is 0.675. The minimum atomic E-state index is -0.382. The molecule has 5 rings (SSSR count). The van der Waals surface area contributed by atoms with E-state index in [1.54, 1.807) is 0 Å². The van der Waals surface area contributed by atoms with Gasteiger partial charge in [0.1, 0.15) is 6.61 Å². The molecule has 1 aliphatic heterocycles. The number of ketones is 2. The third kappa shape index (κ3) is 4.61. The first-order valence-corrected chi connectivity index (χ1v) is 13.7. The van der Waals surface area contributed by atoms with Gasteiger partial charge in [0, 0.05) is 53.4 Å². The number of ether oxygens (including phenoxy) is 2. The summed E-state index contributed by atoms with van der Waals surface area (Å²) in [7, 11) is 2.01. The van der Waals surface area contributed by atoms with Crippen molar-refractivity contribution in [3.05, 3.63) is 79.6 Å². The molecule has 0 unspecified atom stereocenters. The summed E-state index contributed by atoms with van der Waals surface area (Å²) >= 11 is 9.71. The highest BCUT2D eigenvalue weighted by Gasteiger charge is 2.42. The first-order chi connectivity index (χ1) is 17.4. The summed E-state index contributed by atoms with van der Waals surface area (Å²) in [5.74, 6) is 1.07. The van der Waals surface area contributed by atoms with Crippen LogP contribution in [0.3, 0.4) is 0 Å². The second-order valence-corrected chi connectivity index (χ2v) is 10.7. The Morgan fingerprint density at radius 3 is 2.14 bits per heavy atom. The zero-order valence-electron chi connectivity index (χ0n) is 20.5. The molecule has 36 heavy (non-hydrogen) atoms. The van der Waals surface area contributed by atoms with Gasteiger partial charge in [-0.2, -0.15) is 0 Å². The van der Waals surface area contributed by atoms with Gasteiger partial charge in [0.15, 0.2) is 23.1 Å². The van der Waals surface area contributed by atoms with Crippen molar-refractivity contribution < 1.29 is 19.1 Å². The van der Waals surface area contributed by atoms with E-state index in [1.807, 2.05) is 50.4 Å². The van der Waals surface area contributed by atoms with Gasteiger partial charge in [0.05, 0.1) is 11.1 Å². The van der Waals surface area contributed by atoms with Gasteiger partial charge in [-0.25, -0.2) is 0 Å². The third-order valence-corrected chi connectivity index (χ3v) is 8.05. The Hall–Kier alpha value is -2.57. The molecule has 0 radical (unpaired) electrons. The average Bonchev–Trinajstić information content (AvgIpc) is 2.86. The monoisotopic (exact) mass is 569 g/mol. The first-order valence-electron chi connectivity index (χ1n) is 12.5. The largest absolute Gasteiger partial charge is 0.490 e. The zero-order chi connectivity index (χ0) is 25.4. The number of hydrogen-bond acceptors (Lipinski definition) is 5. The Bertz CT molecular complexity index is 1240. The number of rotatable bonds is 6. The number of benzene rings is 2. The van der Waals surface area contributed by atoms with E-state index in [2.05, 4.69) is 20.8 Å². The van der Waals surface area contributed by atoms with Gasteiger partial charge in [0.2, 0.25) is 0 Å². The van der Waals surface area contributed by atoms with Gasteiger partial charge in [-0.3, -0.25) is 9.59 Å². The lowest BCUT2D eigenvalue weighted by Gasteiger charge is -2.42. The topological polar surface area (TPSA) is 55.8 Å². The Labute approximate surface area is 225 Å². The van der Waals surface area contributed by atoms with E-state index in [4.69, 9.17) is 21.1 Å². The van der Waals surface area contributed by atoms with Crippen molar-refractivity contribution in [1.82, 2.24) is 4.90 Å². The molecular formula is C29H29BrClNO4. The van der Waals surface area contributed by atoms with Crippen LogP contribution in [-0.2, 0) is 16.2 Å². The maximum Gasteiger partial charge on any atom is 0.175 e. The van der Waals surface area contributed by atoms with Crippen molar-refractivity contribution in [3.63, 3.8) is 0 Å². The van der Waals surface area contributed by atoms with Crippen LogP contribution in [0.4, 0.5) is 0 Å². The number of carbonyl (C=O) groups excluding carboxylic acids is 2. The number of allylic oxidation sites excluding steroid dienone is 4. The summed E-state index contributed by atoms with van der Waals surface area (Å²) in [6.07, 6.45) is 4.42. The molecule has 2 aliphatic carbocycles. The van der Waals surface area contributed by atoms with E-state index in [0.717, 1.165) is 63.8 Å². The molecule has 0 N–H and O–H groups in total. The Balaban J connectivity index is 1.59. The molecule has 0 amide bonds. The van der Waals surface area contributed by atoms with Crippen LogP contribution in [0.15, 0.2) is 63.4 Å². The molecule has 3 aliphatic rings. The lowest BCUT2D eigenvalue weighted by atomic mass is 9.71. The maximum absolute atomic E-state index is 13.3. The standard InChI is InChI=1S/C29H29BrClNO4/c1-3-35-25-15-18(14-20(30)29(25)36-16-17-10-12-19(31)13-11-17)26-27-21(6-4-8-23(27)33)32(2)22-7-5-9-24(34)28(22)26/h10-15,26H,3-9,16H2,1-2H3. The highest BCUT2D eigenvalue weighted by molar-refractivity contribution is 9.10. The average molecular weight is 571 g/mol. The van der Waals surface area contributed by atoms with Crippen molar-refractivity contribution in [1.29, 1.82) is 0 Å². The van der Waals surface area contributed by atoms with Crippen molar-refractivity contribution in [2.75, 3.05) is 13.7 Å². The van der Waals surface area contributed by atoms with E-state index >= 15 is 0 Å². The molecule has 0 saturated heterocycles. The van der Waals surface area contributed by atoms with Gasteiger partial charge >= 0.3 is 0 Å². The third-order valence-electron chi connectivity index (χ3n) is 7.21. The van der Waals surface area contributed by atoms with Crippen molar-refractivity contribution in [2.24, 2.45) is 0 Å². The molecule has 0 spiro atoms. The molecule has 0 atom stereocenters. The zero-order valence-corrected chi connectivity index (χ0v) is 22.9. The summed E-state index contributed by atoms with van der Waals surface area (Å²) in [4.78, 5) is 28.7. The van der Waals surface area contributed by atoms with E-state index in [1.165, 1.54) is 0 Å². The minimum Gasteiger partial charge on any atom is -0.490 e. The van der Waals surface area contributed by atoms with Gasteiger partial charge in [-0.15, -0.1) is 0 Å². The summed E-state index contributed by atoms with van der Waals surface area (Å²) in [6, 6.07) is 11.4. The lowest BCUT2D eigenvalue weighted by Crippen LogP contribution is -2.37. The van der Waals surface area contributed by atoms with Crippen molar-refractivity contribution in [2.45, 2.75) is 58.0 Å². The molecule has 0 bridgehead atoms. The SMILES string of the molecule is CCOc1cc(C2C3=C(CCCC3=O)N(C)C3=C2C(=O)CCC3)cc(Br)c1OCc1ccc(Cl)cc1. The van der Waals surface area contributed by atoms with E-state index in [-0.39, 0.29) is 17.5 Å². The molecule has 1 heterocycles. The fraction of sp³-hybridized carbons (Fsp3) is 0.379. The smallest absolute Gasteiger partial charge is 0.175 e. The Morgan fingerprint density at radius 1 is 0.944 bits per heavy atom. The summed E-state index contributed by atoms with van der Waals surface area (Å²) in [5.41, 5.74) is 5.51. The predicted octanol–water partition coefficient (Wildman–Crippen LogP) is 7.12. The molecular weight excluding hydrogens is 542 g/mol. The van der Waals surface area contributed by atoms with Crippen LogP contribution in [0.1, 0.15) is 62.5 Å². The van der Waals surface area contributed by atoms with Crippen LogP contribution in [-0.4, -0.2) is 30.1 Å². The molecule has 0 fully saturated rings. The van der Waals surface area contributed by atoms with Crippen LogP contribution in [0.25, 0.3) is 0 Å². The lowest BCUT2D eigenvalue weighted by molar-refractivity contribution is -0.117. The van der Waals surface area contributed by atoms with Crippen LogP contribution < -0.4 is 9.47 Å². The summed E-state index contributed by atoms with van der Waals surface area (Å²) < 4.78 is 12.9. The first kappa shape index (κ1) is 25.1. The number of nitrogens with zero attached hydrogens (tertiary/aromatic N) is 1. The van der Waals surface area contributed by atoms with Gasteiger partial charge < -0.3 is 14.4 Å². The van der Waals surface area contributed by atoms with E-state index in [0.29, 0.717) is 42.6 Å². The van der Waals surface area contributed by atoms with Gasteiger partial charge in [0.25, 0.3) is 0 Å². The predicted molar refractivity (Wildman–Crippen MR) is 143 cm³/mol. The van der Waals surface area contributed by atoms with Gasteiger partial charge in [-0.1, -0.05) is 23.7 Å². The molecule has 0 saturated carbocycles. The molecule has 5 nitrogen and oxygen atoms in total. The Kier molecular flexibility index (Phi) is 7.27. The maximum atomic E-state index is 13.3. The Morgan fingerprint density at radius 2 is 1.56 bits per heavy atom. The van der Waals surface area contributed by atoms with E-state index < -0.39 is 0 Å². The van der Waals surface area contributed by atoms with E-state index in [9.17, 15) is 9.59 Å². The summed E-state index contributed by atoms with van der Waals surface area (Å²) in [6.45, 7) is 2.74. The van der Waals surface area contributed by atoms with Crippen LogP contribution in [0, 0.1) is 0 Å². The number of Topliss-reactive ketones (excluding diaryl/α,β-unsaturated/α-hetero) is 2. The minimum absolute atomic E-state index is 0.134. The number of carbonyl (C=O) groups is 2. The molecule has 0 aromatic heterocycles. The normalized spacial score (nSPS) is 18.4. The quantitative estimate of drug-likeness (QED) is 0.370. The fourth-order valence-electron chi connectivity index (χ4n) is 5.58. The number of halogens is 2. The van der Waals surface area contributed by atoms with Crippen LogP contribution in [0.2, 0.25) is 5.02 Å². The second-order valence-electron chi connectivity index (χ2n) is 9.44. The molecule has 7 heteroatoms. The highest BCUT2D eigenvalue weighted by Crippen LogP contribution is 2.50. The highest BCUT2D eigenvalue weighted by atomic mass is 79.9. The van der Waals surface area contributed by atoms with Crippen molar-refractivity contribution in [3.8, 4) is 11.5 Å². The molecule has 2 aromatic carbocycles. The molecule has 2 aromatic rings. The van der Waals surface area contributed by atoms with Crippen LogP contribution >= 0.6 is 27.5 Å².